The summed E-state index contributed by atoms with van der Waals surface area (Å²) in [5, 5.41) is 4.43. The molecular formula is C9H16N4. The molecule has 0 aromatic carbocycles. The van der Waals surface area contributed by atoms with Crippen LogP contribution in [0, 0.1) is 0 Å². The number of aryl methyl sites for hydroxylation is 1. The second-order valence-electron chi connectivity index (χ2n) is 3.95. The molecular weight excluding hydrogens is 164 g/mol. The summed E-state index contributed by atoms with van der Waals surface area (Å²) in [5.41, 5.74) is 5.94. The topological polar surface area (TPSA) is 56.7 Å². The van der Waals surface area contributed by atoms with Crippen molar-refractivity contribution in [3.8, 4) is 0 Å². The van der Waals surface area contributed by atoms with E-state index in [0.29, 0.717) is 5.92 Å². The Bertz CT molecular complexity index is 303. The maximum atomic E-state index is 5.94. The van der Waals surface area contributed by atoms with Gasteiger partial charge in [-0.1, -0.05) is 13.8 Å². The van der Waals surface area contributed by atoms with Gasteiger partial charge in [0.1, 0.15) is 5.82 Å². The van der Waals surface area contributed by atoms with Crippen molar-refractivity contribution in [1.82, 2.24) is 14.8 Å². The third-order valence-electron chi connectivity index (χ3n) is 2.45. The highest BCUT2D eigenvalue weighted by molar-refractivity contribution is 5.03. The first kappa shape index (κ1) is 8.69. The van der Waals surface area contributed by atoms with Crippen molar-refractivity contribution >= 4 is 0 Å². The van der Waals surface area contributed by atoms with Crippen LogP contribution in [0.5, 0.6) is 0 Å². The zero-order valence-electron chi connectivity index (χ0n) is 8.20. The second-order valence-corrected chi connectivity index (χ2v) is 3.95. The Kier molecular flexibility index (Phi) is 2.07. The van der Waals surface area contributed by atoms with Gasteiger partial charge >= 0.3 is 0 Å². The largest absolute Gasteiger partial charge is 0.321 e. The molecule has 0 fully saturated rings. The van der Waals surface area contributed by atoms with Crippen LogP contribution in [-0.2, 0) is 6.54 Å². The Balaban J connectivity index is 2.36. The van der Waals surface area contributed by atoms with Gasteiger partial charge in [0.2, 0.25) is 0 Å². The summed E-state index contributed by atoms with van der Waals surface area (Å²) in [7, 11) is 0. The molecule has 0 unspecified atom stereocenters. The molecule has 2 N–H and O–H groups in total. The van der Waals surface area contributed by atoms with E-state index < -0.39 is 0 Å². The third-order valence-corrected chi connectivity index (χ3v) is 2.45. The molecule has 2 heterocycles. The van der Waals surface area contributed by atoms with Gasteiger partial charge in [0.25, 0.3) is 0 Å². The molecule has 0 aliphatic carbocycles. The van der Waals surface area contributed by atoms with Gasteiger partial charge in [-0.25, -0.2) is 9.67 Å². The lowest BCUT2D eigenvalue weighted by Crippen LogP contribution is -2.22. The van der Waals surface area contributed by atoms with E-state index in [1.54, 1.807) is 0 Å². The normalized spacial score (nSPS) is 22.0. The van der Waals surface area contributed by atoms with Crippen molar-refractivity contribution in [2.75, 3.05) is 0 Å². The van der Waals surface area contributed by atoms with Gasteiger partial charge in [-0.3, -0.25) is 0 Å². The summed E-state index contributed by atoms with van der Waals surface area (Å²) in [5.74, 6) is 2.28. The molecule has 1 atom stereocenters. The summed E-state index contributed by atoms with van der Waals surface area (Å²) in [4.78, 5) is 4.46. The number of aromatic nitrogens is 3. The Morgan fingerprint density at radius 3 is 2.92 bits per heavy atom. The molecule has 0 radical (unpaired) electrons. The molecule has 4 nitrogen and oxygen atoms in total. The molecule has 0 saturated carbocycles. The van der Waals surface area contributed by atoms with Crippen LogP contribution in [0.2, 0.25) is 0 Å². The number of nitrogens with zero attached hydrogens (tertiary/aromatic N) is 3. The monoisotopic (exact) mass is 180 g/mol. The maximum Gasteiger partial charge on any atom is 0.153 e. The van der Waals surface area contributed by atoms with Crippen LogP contribution in [-0.4, -0.2) is 14.8 Å². The van der Waals surface area contributed by atoms with Crippen LogP contribution < -0.4 is 5.73 Å². The molecule has 0 spiro atoms. The maximum absolute atomic E-state index is 5.94. The van der Waals surface area contributed by atoms with Crippen molar-refractivity contribution < 1.29 is 0 Å². The van der Waals surface area contributed by atoms with Crippen molar-refractivity contribution in [2.45, 2.75) is 45.2 Å². The van der Waals surface area contributed by atoms with Crippen LogP contribution in [0.15, 0.2) is 0 Å². The van der Waals surface area contributed by atoms with Gasteiger partial charge in [0.15, 0.2) is 5.82 Å². The molecule has 13 heavy (non-hydrogen) atoms. The summed E-state index contributed by atoms with van der Waals surface area (Å²) >= 11 is 0. The highest BCUT2D eigenvalue weighted by Crippen LogP contribution is 2.22. The molecule has 0 amide bonds. The average Bonchev–Trinajstić information content (AvgIpc) is 2.49. The Labute approximate surface area is 78.1 Å². The quantitative estimate of drug-likeness (QED) is 0.706. The van der Waals surface area contributed by atoms with E-state index >= 15 is 0 Å². The fourth-order valence-corrected chi connectivity index (χ4v) is 1.65. The molecule has 1 aliphatic heterocycles. The van der Waals surface area contributed by atoms with Gasteiger partial charge in [-0.05, 0) is 12.8 Å². The predicted molar refractivity (Wildman–Crippen MR) is 50.3 cm³/mol. The van der Waals surface area contributed by atoms with Crippen LogP contribution in [0.1, 0.15) is 50.3 Å². The van der Waals surface area contributed by atoms with Crippen LogP contribution in [0.25, 0.3) is 0 Å². The van der Waals surface area contributed by atoms with E-state index in [1.807, 2.05) is 4.68 Å². The average molecular weight is 180 g/mol. The molecule has 1 aliphatic rings. The fraction of sp³-hybridized carbons (Fsp3) is 0.778. The lowest BCUT2D eigenvalue weighted by atomic mass is 10.1. The minimum absolute atomic E-state index is 0.0914. The predicted octanol–water partition coefficient (Wildman–Crippen LogP) is 1.20. The number of hydrogen-bond donors (Lipinski definition) is 1. The fourth-order valence-electron chi connectivity index (χ4n) is 1.65. The van der Waals surface area contributed by atoms with Gasteiger partial charge in [0, 0.05) is 12.5 Å². The third kappa shape index (κ3) is 1.46. The van der Waals surface area contributed by atoms with E-state index in [1.165, 1.54) is 0 Å². The molecule has 4 heteroatoms. The van der Waals surface area contributed by atoms with Gasteiger partial charge in [-0.15, -0.1) is 0 Å². The Morgan fingerprint density at radius 2 is 2.31 bits per heavy atom. The molecule has 0 saturated heterocycles. The summed E-state index contributed by atoms with van der Waals surface area (Å²) in [6, 6.07) is 0.0914. The smallest absolute Gasteiger partial charge is 0.153 e. The Morgan fingerprint density at radius 1 is 1.54 bits per heavy atom. The molecule has 72 valence electrons. The summed E-state index contributed by atoms with van der Waals surface area (Å²) < 4.78 is 1.96. The van der Waals surface area contributed by atoms with Crippen LogP contribution in [0.3, 0.4) is 0 Å². The lowest BCUT2D eigenvalue weighted by Gasteiger charge is -2.17. The minimum Gasteiger partial charge on any atom is -0.321 e. The van der Waals surface area contributed by atoms with E-state index in [2.05, 4.69) is 23.9 Å². The summed E-state index contributed by atoms with van der Waals surface area (Å²) in [6.45, 7) is 5.18. The first-order chi connectivity index (χ1) is 6.18. The molecule has 1 aromatic rings. The lowest BCUT2D eigenvalue weighted by molar-refractivity contribution is 0.421. The number of hydrogen-bond acceptors (Lipinski definition) is 3. The number of rotatable bonds is 1. The van der Waals surface area contributed by atoms with Crippen molar-refractivity contribution in [1.29, 1.82) is 0 Å². The standard InChI is InChI=1S/C9H16N4/c1-6(2)8-11-9-7(10)4-3-5-13(9)12-8/h6-7H,3-5,10H2,1-2H3/t7-/m1/s1. The van der Waals surface area contributed by atoms with E-state index in [9.17, 15) is 0 Å². The van der Waals surface area contributed by atoms with Crippen molar-refractivity contribution in [2.24, 2.45) is 5.73 Å². The number of fused-ring (bicyclic) bond motifs is 1. The van der Waals surface area contributed by atoms with E-state index in [0.717, 1.165) is 31.0 Å². The molecule has 1 aromatic heterocycles. The number of nitrogens with two attached hydrogens (primary N) is 1. The SMILES string of the molecule is CC(C)c1nc2n(n1)CCC[C@H]2N. The molecule has 2 rings (SSSR count). The van der Waals surface area contributed by atoms with Crippen molar-refractivity contribution in [3.05, 3.63) is 11.6 Å². The first-order valence-electron chi connectivity index (χ1n) is 4.88. The van der Waals surface area contributed by atoms with Gasteiger partial charge in [-0.2, -0.15) is 5.10 Å². The van der Waals surface area contributed by atoms with Gasteiger partial charge < -0.3 is 5.73 Å². The zero-order valence-corrected chi connectivity index (χ0v) is 8.20. The molecule has 0 bridgehead atoms. The van der Waals surface area contributed by atoms with Gasteiger partial charge in [0.05, 0.1) is 6.04 Å². The zero-order chi connectivity index (χ0) is 9.42. The van der Waals surface area contributed by atoms with Crippen LogP contribution >= 0.6 is 0 Å². The van der Waals surface area contributed by atoms with E-state index in [-0.39, 0.29) is 6.04 Å². The highest BCUT2D eigenvalue weighted by atomic mass is 15.4. The second kappa shape index (κ2) is 3.10. The highest BCUT2D eigenvalue weighted by Gasteiger charge is 2.21. The van der Waals surface area contributed by atoms with E-state index in [4.69, 9.17) is 5.73 Å². The minimum atomic E-state index is 0.0914. The first-order valence-corrected chi connectivity index (χ1v) is 4.88. The van der Waals surface area contributed by atoms with Crippen LogP contribution in [0.4, 0.5) is 0 Å². The summed E-state index contributed by atoms with van der Waals surface area (Å²) in [6.07, 6.45) is 2.16. The van der Waals surface area contributed by atoms with Crippen molar-refractivity contribution in [3.63, 3.8) is 0 Å². The Hall–Kier alpha value is -0.900.